The number of hydrogen-bond donors (Lipinski definition) is 1. The quantitative estimate of drug-likeness (QED) is 0.819. The summed E-state index contributed by atoms with van der Waals surface area (Å²) in [5, 5.41) is 3.35. The molecule has 1 fully saturated rings. The van der Waals surface area contributed by atoms with Crippen molar-refractivity contribution in [1.29, 1.82) is 0 Å². The van der Waals surface area contributed by atoms with E-state index in [1.165, 1.54) is 0 Å². The molecule has 122 valence electrons. The van der Waals surface area contributed by atoms with Crippen LogP contribution in [-0.2, 0) is 0 Å². The molecule has 1 saturated heterocycles. The summed E-state index contributed by atoms with van der Waals surface area (Å²) in [6.45, 7) is 5.91. The highest BCUT2D eigenvalue weighted by Crippen LogP contribution is 2.19. The van der Waals surface area contributed by atoms with E-state index in [4.69, 9.17) is 0 Å². The third-order valence-corrected chi connectivity index (χ3v) is 4.17. The standard InChI is InChI=1S/C17H28N4O/c1-14-5-9-21(10-6-14)17(22)15-11-16(13-18-12-15)19-7-4-8-20(2)3/h11-14,19H,4-10H2,1-3H3. The van der Waals surface area contributed by atoms with Crippen molar-refractivity contribution in [3.05, 3.63) is 24.0 Å². The van der Waals surface area contributed by atoms with Crippen LogP contribution in [0.25, 0.3) is 0 Å². The minimum absolute atomic E-state index is 0.108. The second-order valence-corrected chi connectivity index (χ2v) is 6.52. The number of anilines is 1. The number of rotatable bonds is 6. The summed E-state index contributed by atoms with van der Waals surface area (Å²) < 4.78 is 0. The number of nitrogens with zero attached hydrogens (tertiary/aromatic N) is 3. The van der Waals surface area contributed by atoms with Crippen molar-refractivity contribution in [2.75, 3.05) is 45.6 Å². The van der Waals surface area contributed by atoms with Crippen LogP contribution in [0, 0.1) is 5.92 Å². The Hall–Kier alpha value is -1.62. The molecule has 1 aromatic heterocycles. The van der Waals surface area contributed by atoms with Crippen molar-refractivity contribution < 1.29 is 4.79 Å². The average molecular weight is 304 g/mol. The Kier molecular flexibility index (Phi) is 6.19. The van der Waals surface area contributed by atoms with Crippen molar-refractivity contribution in [3.63, 3.8) is 0 Å². The third kappa shape index (κ3) is 4.98. The van der Waals surface area contributed by atoms with Gasteiger partial charge in [-0.2, -0.15) is 0 Å². The molecule has 0 bridgehead atoms. The van der Waals surface area contributed by atoms with Crippen LogP contribution in [0.15, 0.2) is 18.5 Å². The van der Waals surface area contributed by atoms with Crippen LogP contribution in [0.4, 0.5) is 5.69 Å². The monoisotopic (exact) mass is 304 g/mol. The maximum Gasteiger partial charge on any atom is 0.255 e. The molecule has 1 aliphatic rings. The Labute approximate surface area is 133 Å². The highest BCUT2D eigenvalue weighted by molar-refractivity contribution is 5.94. The summed E-state index contributed by atoms with van der Waals surface area (Å²) in [5.74, 6) is 0.836. The molecule has 1 aliphatic heterocycles. The number of likely N-dealkylation sites (tertiary alicyclic amines) is 1. The van der Waals surface area contributed by atoms with Gasteiger partial charge in [-0.3, -0.25) is 9.78 Å². The number of amides is 1. The Morgan fingerprint density at radius 1 is 1.36 bits per heavy atom. The van der Waals surface area contributed by atoms with Gasteiger partial charge in [0.25, 0.3) is 5.91 Å². The van der Waals surface area contributed by atoms with Crippen molar-refractivity contribution in [1.82, 2.24) is 14.8 Å². The molecule has 1 N–H and O–H groups in total. The summed E-state index contributed by atoms with van der Waals surface area (Å²) >= 11 is 0. The predicted octanol–water partition coefficient (Wildman–Crippen LogP) is 2.32. The zero-order valence-corrected chi connectivity index (χ0v) is 14.0. The summed E-state index contributed by atoms with van der Waals surface area (Å²) in [6, 6.07) is 1.92. The van der Waals surface area contributed by atoms with E-state index in [1.807, 2.05) is 11.0 Å². The van der Waals surface area contributed by atoms with Crippen LogP contribution in [-0.4, -0.2) is 61.0 Å². The largest absolute Gasteiger partial charge is 0.384 e. The van der Waals surface area contributed by atoms with Crippen molar-refractivity contribution in [2.24, 2.45) is 5.92 Å². The highest BCUT2D eigenvalue weighted by Gasteiger charge is 2.21. The van der Waals surface area contributed by atoms with E-state index >= 15 is 0 Å². The molecule has 0 radical (unpaired) electrons. The normalized spacial score (nSPS) is 16.1. The lowest BCUT2D eigenvalue weighted by molar-refractivity contribution is 0.0697. The van der Waals surface area contributed by atoms with Gasteiger partial charge in [-0.15, -0.1) is 0 Å². The van der Waals surface area contributed by atoms with Gasteiger partial charge in [-0.05, 0) is 51.9 Å². The first kappa shape index (κ1) is 16.7. The maximum atomic E-state index is 12.5. The highest BCUT2D eigenvalue weighted by atomic mass is 16.2. The lowest BCUT2D eigenvalue weighted by Gasteiger charge is -2.30. The minimum atomic E-state index is 0.108. The Balaban J connectivity index is 1.88. The van der Waals surface area contributed by atoms with Crippen LogP contribution >= 0.6 is 0 Å². The number of piperidine rings is 1. The van der Waals surface area contributed by atoms with Gasteiger partial charge in [0.2, 0.25) is 0 Å². The number of pyridine rings is 1. The van der Waals surface area contributed by atoms with Gasteiger partial charge in [0.05, 0.1) is 11.3 Å². The van der Waals surface area contributed by atoms with Crippen LogP contribution in [0.5, 0.6) is 0 Å². The van der Waals surface area contributed by atoms with Crippen LogP contribution in [0.2, 0.25) is 0 Å². The van der Waals surface area contributed by atoms with Gasteiger partial charge in [-0.25, -0.2) is 0 Å². The molecule has 0 spiro atoms. The van der Waals surface area contributed by atoms with E-state index in [2.05, 4.69) is 36.2 Å². The third-order valence-electron chi connectivity index (χ3n) is 4.17. The Morgan fingerprint density at radius 2 is 2.09 bits per heavy atom. The molecule has 0 saturated carbocycles. The molecule has 0 aliphatic carbocycles. The predicted molar refractivity (Wildman–Crippen MR) is 90.2 cm³/mol. The summed E-state index contributed by atoms with van der Waals surface area (Å²) in [6.07, 6.45) is 6.72. The molecule has 2 heterocycles. The molecule has 5 nitrogen and oxygen atoms in total. The van der Waals surface area contributed by atoms with Crippen LogP contribution in [0.1, 0.15) is 36.5 Å². The first-order valence-electron chi connectivity index (χ1n) is 8.19. The van der Waals surface area contributed by atoms with E-state index in [-0.39, 0.29) is 5.91 Å². The van der Waals surface area contributed by atoms with E-state index in [1.54, 1.807) is 12.4 Å². The second-order valence-electron chi connectivity index (χ2n) is 6.52. The lowest BCUT2D eigenvalue weighted by Crippen LogP contribution is -2.37. The first-order valence-corrected chi connectivity index (χ1v) is 8.19. The molecule has 1 amide bonds. The molecule has 0 aromatic carbocycles. The van der Waals surface area contributed by atoms with Gasteiger partial charge in [0, 0.05) is 32.0 Å². The number of nitrogens with one attached hydrogen (secondary N) is 1. The summed E-state index contributed by atoms with van der Waals surface area (Å²) in [7, 11) is 4.14. The first-order chi connectivity index (χ1) is 10.6. The molecule has 5 heteroatoms. The molecule has 2 rings (SSSR count). The van der Waals surface area contributed by atoms with Gasteiger partial charge >= 0.3 is 0 Å². The Morgan fingerprint density at radius 3 is 2.77 bits per heavy atom. The topological polar surface area (TPSA) is 48.5 Å². The fourth-order valence-electron chi connectivity index (χ4n) is 2.68. The molecular weight excluding hydrogens is 276 g/mol. The number of carbonyl (C=O) groups is 1. The van der Waals surface area contributed by atoms with Gasteiger partial charge in [0.15, 0.2) is 0 Å². The van der Waals surface area contributed by atoms with E-state index in [0.717, 1.165) is 57.0 Å². The van der Waals surface area contributed by atoms with Crippen LogP contribution in [0.3, 0.4) is 0 Å². The van der Waals surface area contributed by atoms with E-state index in [0.29, 0.717) is 5.56 Å². The average Bonchev–Trinajstić information content (AvgIpc) is 2.52. The number of hydrogen-bond acceptors (Lipinski definition) is 4. The molecular formula is C17H28N4O. The van der Waals surface area contributed by atoms with Gasteiger partial charge in [0.1, 0.15) is 0 Å². The van der Waals surface area contributed by atoms with E-state index < -0.39 is 0 Å². The fourth-order valence-corrected chi connectivity index (χ4v) is 2.68. The summed E-state index contributed by atoms with van der Waals surface area (Å²) in [5.41, 5.74) is 1.61. The molecule has 0 unspecified atom stereocenters. The zero-order chi connectivity index (χ0) is 15.9. The summed E-state index contributed by atoms with van der Waals surface area (Å²) in [4.78, 5) is 20.9. The maximum absolute atomic E-state index is 12.5. The Bertz CT molecular complexity index is 481. The molecule has 22 heavy (non-hydrogen) atoms. The smallest absolute Gasteiger partial charge is 0.255 e. The lowest BCUT2D eigenvalue weighted by atomic mass is 9.99. The van der Waals surface area contributed by atoms with Gasteiger partial charge in [-0.1, -0.05) is 6.92 Å². The van der Waals surface area contributed by atoms with Crippen molar-refractivity contribution in [3.8, 4) is 0 Å². The van der Waals surface area contributed by atoms with Crippen molar-refractivity contribution >= 4 is 11.6 Å². The van der Waals surface area contributed by atoms with Crippen molar-refractivity contribution in [2.45, 2.75) is 26.2 Å². The van der Waals surface area contributed by atoms with Gasteiger partial charge < -0.3 is 15.1 Å². The molecule has 1 aromatic rings. The molecule has 0 atom stereocenters. The van der Waals surface area contributed by atoms with E-state index in [9.17, 15) is 4.79 Å². The fraction of sp³-hybridized carbons (Fsp3) is 0.647. The minimum Gasteiger partial charge on any atom is -0.384 e. The number of carbonyl (C=O) groups excluding carboxylic acids is 1. The number of aromatic nitrogens is 1. The second kappa shape index (κ2) is 8.13. The SMILES string of the molecule is CC1CCN(C(=O)c2cncc(NCCCN(C)C)c2)CC1. The van der Waals surface area contributed by atoms with Crippen LogP contribution < -0.4 is 5.32 Å². The zero-order valence-electron chi connectivity index (χ0n) is 14.0.